The fraction of sp³-hybridized carbons (Fsp3) is 0.261. The summed E-state index contributed by atoms with van der Waals surface area (Å²) in [5.74, 6) is -0.307. The number of benzene rings is 2. The summed E-state index contributed by atoms with van der Waals surface area (Å²) >= 11 is 1.19. The number of aromatic nitrogens is 3. The molecule has 1 aliphatic heterocycles. The third kappa shape index (κ3) is 4.47. The first kappa shape index (κ1) is 22.5. The average Bonchev–Trinajstić information content (AvgIpc) is 3.30. The van der Waals surface area contributed by atoms with Gasteiger partial charge in [0.1, 0.15) is 11.4 Å². The van der Waals surface area contributed by atoms with Gasteiger partial charge in [0, 0.05) is 0 Å². The van der Waals surface area contributed by atoms with E-state index in [0.717, 1.165) is 16.4 Å². The van der Waals surface area contributed by atoms with E-state index < -0.39 is 23.4 Å². The fourth-order valence-corrected chi connectivity index (χ4v) is 4.52. The number of amides is 4. The Hall–Kier alpha value is -3.66. The van der Waals surface area contributed by atoms with Crippen molar-refractivity contribution < 1.29 is 14.4 Å². The molecule has 170 valence electrons. The van der Waals surface area contributed by atoms with Crippen LogP contribution in [-0.2, 0) is 21.7 Å². The molecule has 1 fully saturated rings. The van der Waals surface area contributed by atoms with E-state index in [9.17, 15) is 14.4 Å². The first-order valence-corrected chi connectivity index (χ1v) is 11.5. The van der Waals surface area contributed by atoms with Crippen molar-refractivity contribution in [2.45, 2.75) is 37.5 Å². The monoisotopic (exact) mass is 464 g/mol. The lowest BCUT2D eigenvalue weighted by atomic mass is 9.87. The van der Waals surface area contributed by atoms with Crippen LogP contribution in [0.5, 0.6) is 0 Å². The van der Waals surface area contributed by atoms with E-state index in [2.05, 4.69) is 20.9 Å². The number of rotatable bonds is 8. The minimum atomic E-state index is -1.20. The minimum Gasteiger partial charge on any atom is -0.318 e. The van der Waals surface area contributed by atoms with Gasteiger partial charge in [-0.15, -0.1) is 10.2 Å². The predicted molar refractivity (Wildman–Crippen MR) is 123 cm³/mol. The number of nitrogens with one attached hydrogen (secondary N) is 2. The van der Waals surface area contributed by atoms with Gasteiger partial charge in [-0.1, -0.05) is 79.3 Å². The lowest BCUT2D eigenvalue weighted by Crippen LogP contribution is -2.49. The molecule has 1 unspecified atom stereocenters. The molecule has 0 aliphatic carbocycles. The Morgan fingerprint density at radius 1 is 1.06 bits per heavy atom. The maximum Gasteiger partial charge on any atom is 0.344 e. The number of urea groups is 1. The van der Waals surface area contributed by atoms with E-state index in [1.165, 1.54) is 11.8 Å². The van der Waals surface area contributed by atoms with Crippen LogP contribution in [-0.4, -0.2) is 43.4 Å². The number of carbonyl (C=O) groups excluding carboxylic acids is 3. The minimum absolute atomic E-state index is 0.0333. The summed E-state index contributed by atoms with van der Waals surface area (Å²) in [6.45, 7) is 4.24. The van der Waals surface area contributed by atoms with Gasteiger partial charge in [-0.05, 0) is 24.5 Å². The molecule has 0 radical (unpaired) electrons. The smallest absolute Gasteiger partial charge is 0.318 e. The Morgan fingerprint density at radius 2 is 1.73 bits per heavy atom. The quantitative estimate of drug-likeness (QED) is 0.392. The lowest BCUT2D eigenvalue weighted by molar-refractivity contribution is -0.138. The number of hydrogen-bond acceptors (Lipinski definition) is 6. The van der Waals surface area contributed by atoms with Crippen LogP contribution in [0.15, 0.2) is 65.8 Å². The van der Waals surface area contributed by atoms with Gasteiger partial charge in [0.15, 0.2) is 5.16 Å². The second kappa shape index (κ2) is 9.45. The highest BCUT2D eigenvalue weighted by atomic mass is 32.2. The molecule has 1 aromatic heterocycles. The van der Waals surface area contributed by atoms with E-state index >= 15 is 0 Å². The van der Waals surface area contributed by atoms with Gasteiger partial charge in [-0.25, -0.2) is 4.79 Å². The van der Waals surface area contributed by atoms with Crippen LogP contribution in [0.4, 0.5) is 4.79 Å². The topological polar surface area (TPSA) is 109 Å². The number of nitrogens with zero attached hydrogens (tertiary/aromatic N) is 4. The highest BCUT2D eigenvalue weighted by molar-refractivity contribution is 7.99. The Morgan fingerprint density at radius 3 is 2.39 bits per heavy atom. The second-order valence-electron chi connectivity index (χ2n) is 7.62. The number of carbonyl (C=O) groups is 3. The van der Waals surface area contributed by atoms with Crippen LogP contribution in [0, 0.1) is 6.92 Å². The first-order valence-electron chi connectivity index (χ1n) is 10.5. The number of thioether (sulfide) groups is 1. The molecule has 2 N–H and O–H groups in total. The van der Waals surface area contributed by atoms with Crippen molar-refractivity contribution in [1.29, 1.82) is 0 Å². The Labute approximate surface area is 195 Å². The molecule has 3 aromatic rings. The second-order valence-corrected chi connectivity index (χ2v) is 8.56. The number of hydrogen-bond donors (Lipinski definition) is 2. The zero-order valence-corrected chi connectivity index (χ0v) is 19.1. The number of hydrazine groups is 1. The number of aryl methyl sites for hydroxylation is 1. The third-order valence-corrected chi connectivity index (χ3v) is 6.51. The zero-order chi connectivity index (χ0) is 23.4. The molecule has 0 spiro atoms. The number of imide groups is 1. The summed E-state index contributed by atoms with van der Waals surface area (Å²) in [5.41, 5.74) is 2.99. The Balaban J connectivity index is 1.42. The standard InChI is InChI=1S/C23H24N6O3S/c1-3-23(18-12-8-5-9-13-18)20(31)29(21(32)24-23)27-19(30)15-33-22-26-25-16(2)28(22)14-17-10-6-4-7-11-17/h4-13H,3,14-15H2,1-2H3,(H,24,32)(H,27,30). The molecule has 1 atom stereocenters. The van der Waals surface area contributed by atoms with Crippen molar-refractivity contribution in [3.63, 3.8) is 0 Å². The average molecular weight is 465 g/mol. The summed E-state index contributed by atoms with van der Waals surface area (Å²) in [5, 5.41) is 12.4. The fourth-order valence-electron chi connectivity index (χ4n) is 3.74. The van der Waals surface area contributed by atoms with Crippen LogP contribution < -0.4 is 10.7 Å². The summed E-state index contributed by atoms with van der Waals surface area (Å²) < 4.78 is 1.92. The molecule has 0 saturated carbocycles. The summed E-state index contributed by atoms with van der Waals surface area (Å²) in [6.07, 6.45) is 0.352. The third-order valence-electron chi connectivity index (χ3n) is 5.54. The largest absolute Gasteiger partial charge is 0.344 e. The highest BCUT2D eigenvalue weighted by Gasteiger charge is 2.52. The molecular weight excluding hydrogens is 440 g/mol. The van der Waals surface area contributed by atoms with Crippen molar-refractivity contribution in [1.82, 2.24) is 30.5 Å². The lowest BCUT2D eigenvalue weighted by Gasteiger charge is -2.25. The molecular formula is C23H24N6O3S. The maximum atomic E-state index is 13.1. The summed E-state index contributed by atoms with van der Waals surface area (Å²) in [4.78, 5) is 38.3. The van der Waals surface area contributed by atoms with Gasteiger partial charge < -0.3 is 9.88 Å². The van der Waals surface area contributed by atoms with E-state index in [1.54, 1.807) is 24.3 Å². The normalized spacial score (nSPS) is 17.8. The van der Waals surface area contributed by atoms with Crippen molar-refractivity contribution in [2.24, 2.45) is 0 Å². The van der Waals surface area contributed by atoms with Gasteiger partial charge in [-0.3, -0.25) is 15.0 Å². The highest BCUT2D eigenvalue weighted by Crippen LogP contribution is 2.31. The molecule has 33 heavy (non-hydrogen) atoms. The van der Waals surface area contributed by atoms with E-state index in [1.807, 2.05) is 54.8 Å². The maximum absolute atomic E-state index is 13.1. The molecule has 10 heteroatoms. The van der Waals surface area contributed by atoms with E-state index in [-0.39, 0.29) is 5.75 Å². The molecule has 1 aliphatic rings. The first-order chi connectivity index (χ1) is 15.9. The van der Waals surface area contributed by atoms with Crippen LogP contribution in [0.25, 0.3) is 0 Å². The van der Waals surface area contributed by atoms with Crippen molar-refractivity contribution in [2.75, 3.05) is 5.75 Å². The zero-order valence-electron chi connectivity index (χ0n) is 18.3. The van der Waals surface area contributed by atoms with E-state index in [4.69, 9.17) is 0 Å². The molecule has 2 aromatic carbocycles. The van der Waals surface area contributed by atoms with Gasteiger partial charge >= 0.3 is 6.03 Å². The van der Waals surface area contributed by atoms with Crippen molar-refractivity contribution in [3.8, 4) is 0 Å². The molecule has 0 bridgehead atoms. The molecule has 4 amide bonds. The molecule has 2 heterocycles. The van der Waals surface area contributed by atoms with Crippen molar-refractivity contribution in [3.05, 3.63) is 77.6 Å². The van der Waals surface area contributed by atoms with Crippen LogP contribution >= 0.6 is 11.8 Å². The van der Waals surface area contributed by atoms with Crippen LogP contribution in [0.3, 0.4) is 0 Å². The van der Waals surface area contributed by atoms with Gasteiger partial charge in [0.25, 0.3) is 5.91 Å². The van der Waals surface area contributed by atoms with Gasteiger partial charge in [0.2, 0.25) is 5.91 Å². The molecule has 4 rings (SSSR count). The Bertz CT molecular complexity index is 1170. The van der Waals surface area contributed by atoms with E-state index in [0.29, 0.717) is 23.7 Å². The summed E-state index contributed by atoms with van der Waals surface area (Å²) in [7, 11) is 0. The summed E-state index contributed by atoms with van der Waals surface area (Å²) in [6, 6.07) is 18.2. The molecule has 1 saturated heterocycles. The van der Waals surface area contributed by atoms with Gasteiger partial charge in [0.05, 0.1) is 12.3 Å². The molecule has 9 nitrogen and oxygen atoms in total. The van der Waals surface area contributed by atoms with Gasteiger partial charge in [-0.2, -0.15) is 5.01 Å². The van der Waals surface area contributed by atoms with Crippen LogP contribution in [0.2, 0.25) is 0 Å². The Kier molecular flexibility index (Phi) is 6.45. The predicted octanol–water partition coefficient (Wildman–Crippen LogP) is 2.62. The SMILES string of the molecule is CCC1(c2ccccc2)NC(=O)N(NC(=O)CSc2nnc(C)n2Cc2ccccc2)C1=O. The van der Waals surface area contributed by atoms with Crippen molar-refractivity contribution >= 4 is 29.6 Å². The van der Waals surface area contributed by atoms with Crippen LogP contribution in [0.1, 0.15) is 30.3 Å².